The number of hydrogen-bond donors (Lipinski definition) is 0. The molecule has 0 amide bonds. The van der Waals surface area contributed by atoms with Crippen molar-refractivity contribution in [2.24, 2.45) is 0 Å². The fourth-order valence-corrected chi connectivity index (χ4v) is 6.17. The van der Waals surface area contributed by atoms with Gasteiger partial charge in [-0.1, -0.05) is 103 Å². The first kappa shape index (κ1) is 23.7. The Bertz CT molecular complexity index is 2520. The van der Waals surface area contributed by atoms with E-state index in [2.05, 4.69) is 71.7 Å². The van der Waals surface area contributed by atoms with Gasteiger partial charge in [-0.25, -0.2) is 15.0 Å². The summed E-state index contributed by atoms with van der Waals surface area (Å²) in [4.78, 5) is 19.4. The van der Waals surface area contributed by atoms with Crippen LogP contribution in [-0.4, -0.2) is 19.9 Å². The standard InChI is InChI=1S/C38H22N4O/c1-2-8-25(9-3-1)36-40-37(42-38(41-36)30-11-6-12-33-35(30)31-22-39-20-19-32(31)43-33)27-17-18-29-26(21-27)16-15-24-14-13-23-7-4-5-10-28(23)34(24)29/h1-22H. The van der Waals surface area contributed by atoms with Gasteiger partial charge in [0.25, 0.3) is 0 Å². The van der Waals surface area contributed by atoms with E-state index in [-0.39, 0.29) is 0 Å². The van der Waals surface area contributed by atoms with Gasteiger partial charge >= 0.3 is 0 Å². The molecule has 3 heterocycles. The van der Waals surface area contributed by atoms with Crippen LogP contribution >= 0.6 is 0 Å². The van der Waals surface area contributed by atoms with Crippen LogP contribution in [-0.2, 0) is 0 Å². The highest BCUT2D eigenvalue weighted by Crippen LogP contribution is 2.37. The summed E-state index contributed by atoms with van der Waals surface area (Å²) in [5, 5.41) is 9.19. The van der Waals surface area contributed by atoms with Crippen molar-refractivity contribution in [3.63, 3.8) is 0 Å². The third-order valence-electron chi connectivity index (χ3n) is 8.19. The molecular weight excluding hydrogens is 528 g/mol. The maximum atomic E-state index is 6.15. The largest absolute Gasteiger partial charge is 0.456 e. The quantitative estimate of drug-likeness (QED) is 0.205. The summed E-state index contributed by atoms with van der Waals surface area (Å²) in [7, 11) is 0. The summed E-state index contributed by atoms with van der Waals surface area (Å²) >= 11 is 0. The fourth-order valence-electron chi connectivity index (χ4n) is 6.17. The minimum atomic E-state index is 0.589. The Balaban J connectivity index is 1.29. The lowest BCUT2D eigenvalue weighted by molar-refractivity contribution is 0.668. The second-order valence-electron chi connectivity index (χ2n) is 10.7. The number of nitrogens with zero attached hydrogens (tertiary/aromatic N) is 4. The summed E-state index contributed by atoms with van der Waals surface area (Å²) in [5.74, 6) is 1.82. The lowest BCUT2D eigenvalue weighted by atomic mass is 9.95. The molecule has 0 radical (unpaired) electrons. The van der Waals surface area contributed by atoms with Gasteiger partial charge in [0.05, 0.1) is 0 Å². The van der Waals surface area contributed by atoms with Crippen LogP contribution in [0.2, 0.25) is 0 Å². The van der Waals surface area contributed by atoms with Gasteiger partial charge in [0.1, 0.15) is 11.2 Å². The first-order valence-corrected chi connectivity index (χ1v) is 14.2. The topological polar surface area (TPSA) is 64.7 Å². The lowest BCUT2D eigenvalue weighted by Gasteiger charge is -2.11. The molecule has 0 bridgehead atoms. The third-order valence-corrected chi connectivity index (χ3v) is 8.19. The van der Waals surface area contributed by atoms with E-state index in [9.17, 15) is 0 Å². The van der Waals surface area contributed by atoms with Gasteiger partial charge in [0.15, 0.2) is 17.5 Å². The zero-order valence-corrected chi connectivity index (χ0v) is 22.9. The molecule has 0 spiro atoms. The number of pyridine rings is 1. The Morgan fingerprint density at radius 2 is 1.19 bits per heavy atom. The molecule has 200 valence electrons. The normalized spacial score (nSPS) is 11.7. The van der Waals surface area contributed by atoms with Crippen molar-refractivity contribution in [2.45, 2.75) is 0 Å². The van der Waals surface area contributed by atoms with Crippen LogP contribution in [0.4, 0.5) is 0 Å². The van der Waals surface area contributed by atoms with Crippen molar-refractivity contribution in [1.29, 1.82) is 0 Å². The molecular formula is C38H22N4O. The van der Waals surface area contributed by atoms with Gasteiger partial charge in [-0.15, -0.1) is 0 Å². The molecule has 9 aromatic rings. The Morgan fingerprint density at radius 1 is 0.442 bits per heavy atom. The highest BCUT2D eigenvalue weighted by molar-refractivity contribution is 6.20. The summed E-state index contributed by atoms with van der Waals surface area (Å²) in [6.45, 7) is 0. The molecule has 6 aromatic carbocycles. The van der Waals surface area contributed by atoms with E-state index >= 15 is 0 Å². The highest BCUT2D eigenvalue weighted by Gasteiger charge is 2.18. The van der Waals surface area contributed by atoms with E-state index < -0.39 is 0 Å². The van der Waals surface area contributed by atoms with Crippen molar-refractivity contribution in [1.82, 2.24) is 19.9 Å². The maximum Gasteiger partial charge on any atom is 0.164 e. The Hall–Kier alpha value is -5.94. The molecule has 0 aliphatic carbocycles. The molecule has 0 saturated carbocycles. The predicted molar refractivity (Wildman–Crippen MR) is 174 cm³/mol. The minimum absolute atomic E-state index is 0.589. The molecule has 3 aromatic heterocycles. The van der Waals surface area contributed by atoms with E-state index in [0.29, 0.717) is 17.5 Å². The van der Waals surface area contributed by atoms with E-state index in [1.165, 1.54) is 26.9 Å². The van der Waals surface area contributed by atoms with Gasteiger partial charge in [-0.2, -0.15) is 0 Å². The molecule has 5 heteroatoms. The number of benzene rings is 6. The minimum Gasteiger partial charge on any atom is -0.456 e. The number of rotatable bonds is 3. The molecule has 0 saturated heterocycles. The van der Waals surface area contributed by atoms with Gasteiger partial charge in [-0.05, 0) is 50.5 Å². The number of hydrogen-bond acceptors (Lipinski definition) is 5. The van der Waals surface area contributed by atoms with Crippen LogP contribution in [0.5, 0.6) is 0 Å². The first-order chi connectivity index (χ1) is 21.3. The molecule has 0 aliphatic heterocycles. The molecule has 0 unspecified atom stereocenters. The van der Waals surface area contributed by atoms with E-state index in [1.54, 1.807) is 6.20 Å². The van der Waals surface area contributed by atoms with Crippen molar-refractivity contribution in [2.75, 3.05) is 0 Å². The first-order valence-electron chi connectivity index (χ1n) is 14.2. The Morgan fingerprint density at radius 3 is 2.09 bits per heavy atom. The SMILES string of the molecule is c1ccc(-c2nc(-c3ccc4c(ccc5ccc6ccccc6c54)c3)nc(-c3cccc4oc5ccncc5c34)n2)cc1. The van der Waals surface area contributed by atoms with Crippen LogP contribution in [0.15, 0.2) is 138 Å². The smallest absolute Gasteiger partial charge is 0.164 e. The molecule has 0 aliphatic rings. The van der Waals surface area contributed by atoms with Gasteiger partial charge in [-0.3, -0.25) is 4.98 Å². The van der Waals surface area contributed by atoms with E-state index in [1.807, 2.05) is 60.8 Å². The average molecular weight is 551 g/mol. The summed E-state index contributed by atoms with van der Waals surface area (Å²) in [6, 6.07) is 41.7. The van der Waals surface area contributed by atoms with Crippen molar-refractivity contribution in [3.05, 3.63) is 134 Å². The molecule has 9 rings (SSSR count). The number of furan rings is 1. The van der Waals surface area contributed by atoms with Crippen LogP contribution in [0.25, 0.3) is 88.4 Å². The second kappa shape index (κ2) is 9.29. The maximum absolute atomic E-state index is 6.15. The Kier molecular flexibility index (Phi) is 5.13. The van der Waals surface area contributed by atoms with Gasteiger partial charge in [0, 0.05) is 39.9 Å². The fraction of sp³-hybridized carbons (Fsp3) is 0. The van der Waals surface area contributed by atoms with Crippen LogP contribution in [0.3, 0.4) is 0 Å². The van der Waals surface area contributed by atoms with Crippen molar-refractivity contribution in [3.8, 4) is 34.2 Å². The van der Waals surface area contributed by atoms with Crippen LogP contribution in [0.1, 0.15) is 0 Å². The van der Waals surface area contributed by atoms with Crippen molar-refractivity contribution >= 4 is 54.3 Å². The summed E-state index contributed by atoms with van der Waals surface area (Å²) in [5.41, 5.74) is 4.29. The number of fused-ring (bicyclic) bond motifs is 8. The molecule has 0 N–H and O–H groups in total. The molecule has 43 heavy (non-hydrogen) atoms. The Labute approximate surface area is 246 Å². The number of aromatic nitrogens is 4. The average Bonchev–Trinajstić information content (AvgIpc) is 3.47. The van der Waals surface area contributed by atoms with Crippen LogP contribution in [0, 0.1) is 0 Å². The van der Waals surface area contributed by atoms with Gasteiger partial charge < -0.3 is 4.42 Å². The van der Waals surface area contributed by atoms with Crippen molar-refractivity contribution < 1.29 is 4.42 Å². The molecule has 5 nitrogen and oxygen atoms in total. The molecule has 0 atom stereocenters. The third kappa shape index (κ3) is 3.79. The van der Waals surface area contributed by atoms with E-state index in [4.69, 9.17) is 19.4 Å². The lowest BCUT2D eigenvalue weighted by Crippen LogP contribution is -2.00. The predicted octanol–water partition coefficient (Wildman–Crippen LogP) is 9.63. The van der Waals surface area contributed by atoms with Gasteiger partial charge in [0.2, 0.25) is 0 Å². The molecule has 0 fully saturated rings. The highest BCUT2D eigenvalue weighted by atomic mass is 16.3. The van der Waals surface area contributed by atoms with E-state index in [0.717, 1.165) is 44.0 Å². The zero-order valence-electron chi connectivity index (χ0n) is 22.9. The summed E-state index contributed by atoms with van der Waals surface area (Å²) in [6.07, 6.45) is 3.58. The zero-order chi connectivity index (χ0) is 28.3. The van der Waals surface area contributed by atoms with Crippen LogP contribution < -0.4 is 0 Å². The second-order valence-corrected chi connectivity index (χ2v) is 10.7. The monoisotopic (exact) mass is 550 g/mol. The summed E-state index contributed by atoms with van der Waals surface area (Å²) < 4.78 is 6.15.